The van der Waals surface area contributed by atoms with Crippen molar-refractivity contribution in [3.05, 3.63) is 23.8 Å². The van der Waals surface area contributed by atoms with Crippen LogP contribution in [-0.4, -0.2) is 25.0 Å². The smallest absolute Gasteiger partial charge is 0.329 e. The summed E-state index contributed by atoms with van der Waals surface area (Å²) >= 11 is 0. The maximum atomic E-state index is 11.6. The summed E-state index contributed by atoms with van der Waals surface area (Å²) in [5.41, 5.74) is 3.02. The van der Waals surface area contributed by atoms with Crippen LogP contribution in [0.4, 0.5) is 16.2 Å². The van der Waals surface area contributed by atoms with Gasteiger partial charge >= 0.3 is 6.03 Å². The number of nitrogens with zero attached hydrogens (tertiary/aromatic N) is 1. The van der Waals surface area contributed by atoms with Gasteiger partial charge in [-0.3, -0.25) is 15.0 Å². The summed E-state index contributed by atoms with van der Waals surface area (Å²) < 4.78 is 0. The number of rotatable bonds is 1. The summed E-state index contributed by atoms with van der Waals surface area (Å²) in [4.78, 5) is 24.2. The Hall–Kier alpha value is -2.04. The minimum atomic E-state index is -0.328. The highest BCUT2D eigenvalue weighted by Gasteiger charge is 2.30. The molecule has 2 N–H and O–H groups in total. The van der Waals surface area contributed by atoms with Crippen LogP contribution in [0.1, 0.15) is 5.56 Å². The van der Waals surface area contributed by atoms with Crippen LogP contribution >= 0.6 is 0 Å². The third kappa shape index (κ3) is 1.25. The predicted octanol–water partition coefficient (Wildman–Crippen LogP) is 0.711. The highest BCUT2D eigenvalue weighted by Crippen LogP contribution is 2.32. The summed E-state index contributed by atoms with van der Waals surface area (Å²) in [5, 5.41) is 5.53. The first-order valence-corrected chi connectivity index (χ1v) is 5.23. The molecule has 2 aliphatic heterocycles. The van der Waals surface area contributed by atoms with E-state index in [0.717, 1.165) is 29.9 Å². The van der Waals surface area contributed by atoms with Crippen molar-refractivity contribution in [2.24, 2.45) is 0 Å². The molecule has 0 atom stereocenters. The van der Waals surface area contributed by atoms with Gasteiger partial charge < -0.3 is 5.32 Å². The topological polar surface area (TPSA) is 61.4 Å². The number of anilines is 2. The lowest BCUT2D eigenvalue weighted by atomic mass is 10.1. The van der Waals surface area contributed by atoms with Crippen molar-refractivity contribution in [1.29, 1.82) is 0 Å². The standard InChI is InChI=1S/C11H11N3O2/c15-10-6-14(11(16)13-10)9-3-1-2-8-7(9)4-5-12-8/h1-3,12H,4-6H2,(H,13,15,16). The third-order valence-corrected chi connectivity index (χ3v) is 2.93. The lowest BCUT2D eigenvalue weighted by Crippen LogP contribution is -2.28. The molecule has 0 saturated carbocycles. The molecule has 2 aliphatic rings. The molecule has 2 heterocycles. The molecule has 1 aromatic carbocycles. The number of fused-ring (bicyclic) bond motifs is 1. The molecule has 16 heavy (non-hydrogen) atoms. The largest absolute Gasteiger partial charge is 0.384 e. The molecular weight excluding hydrogens is 206 g/mol. The number of urea groups is 1. The molecule has 1 aromatic rings. The van der Waals surface area contributed by atoms with Gasteiger partial charge in [-0.15, -0.1) is 0 Å². The van der Waals surface area contributed by atoms with E-state index < -0.39 is 0 Å². The molecule has 0 radical (unpaired) electrons. The number of amides is 3. The number of carbonyl (C=O) groups excluding carboxylic acids is 2. The van der Waals surface area contributed by atoms with Gasteiger partial charge in [0.2, 0.25) is 5.91 Å². The second-order valence-corrected chi connectivity index (χ2v) is 3.92. The van der Waals surface area contributed by atoms with E-state index >= 15 is 0 Å². The second-order valence-electron chi connectivity index (χ2n) is 3.92. The van der Waals surface area contributed by atoms with Crippen molar-refractivity contribution >= 4 is 23.3 Å². The number of hydrogen-bond acceptors (Lipinski definition) is 3. The fourth-order valence-electron chi connectivity index (χ4n) is 2.21. The van der Waals surface area contributed by atoms with Gasteiger partial charge in [-0.05, 0) is 18.6 Å². The number of nitrogens with one attached hydrogen (secondary N) is 2. The average Bonchev–Trinajstić information content (AvgIpc) is 2.84. The zero-order valence-corrected chi connectivity index (χ0v) is 8.62. The van der Waals surface area contributed by atoms with Gasteiger partial charge in [-0.25, -0.2) is 4.79 Å². The Morgan fingerprint density at radius 2 is 2.12 bits per heavy atom. The highest BCUT2D eigenvalue weighted by atomic mass is 16.2. The van der Waals surface area contributed by atoms with Crippen LogP contribution in [0.15, 0.2) is 18.2 Å². The van der Waals surface area contributed by atoms with Crippen LogP contribution in [0, 0.1) is 0 Å². The van der Waals surface area contributed by atoms with E-state index in [1.165, 1.54) is 4.90 Å². The molecule has 1 saturated heterocycles. The third-order valence-electron chi connectivity index (χ3n) is 2.93. The first-order valence-electron chi connectivity index (χ1n) is 5.23. The lowest BCUT2D eigenvalue weighted by molar-refractivity contribution is -0.117. The van der Waals surface area contributed by atoms with Crippen LogP contribution in [0.25, 0.3) is 0 Å². The minimum Gasteiger partial charge on any atom is -0.384 e. The van der Waals surface area contributed by atoms with Gasteiger partial charge in [0.25, 0.3) is 0 Å². The van der Waals surface area contributed by atoms with Crippen molar-refractivity contribution in [2.45, 2.75) is 6.42 Å². The van der Waals surface area contributed by atoms with E-state index in [1.807, 2.05) is 18.2 Å². The van der Waals surface area contributed by atoms with Crippen molar-refractivity contribution in [3.8, 4) is 0 Å². The molecular formula is C11H11N3O2. The van der Waals surface area contributed by atoms with Gasteiger partial charge in [0, 0.05) is 17.8 Å². The maximum Gasteiger partial charge on any atom is 0.329 e. The van der Waals surface area contributed by atoms with Crippen molar-refractivity contribution in [3.63, 3.8) is 0 Å². The second kappa shape index (κ2) is 3.23. The van der Waals surface area contributed by atoms with Crippen LogP contribution in [-0.2, 0) is 11.2 Å². The Morgan fingerprint density at radius 3 is 2.88 bits per heavy atom. The molecule has 5 heteroatoms. The summed E-state index contributed by atoms with van der Waals surface area (Å²) in [6, 6.07) is 5.43. The van der Waals surface area contributed by atoms with Gasteiger partial charge in [0.1, 0.15) is 6.54 Å². The van der Waals surface area contributed by atoms with Crippen LogP contribution in [0.5, 0.6) is 0 Å². The van der Waals surface area contributed by atoms with Crippen LogP contribution in [0.3, 0.4) is 0 Å². The molecule has 5 nitrogen and oxygen atoms in total. The Balaban J connectivity index is 2.04. The van der Waals surface area contributed by atoms with E-state index in [4.69, 9.17) is 0 Å². The van der Waals surface area contributed by atoms with Gasteiger partial charge in [-0.1, -0.05) is 6.07 Å². The minimum absolute atomic E-state index is 0.120. The van der Waals surface area contributed by atoms with E-state index in [1.54, 1.807) is 0 Å². The SMILES string of the molecule is O=C1CN(c2cccc3c2CCN3)C(=O)N1. The monoisotopic (exact) mass is 217 g/mol. The van der Waals surface area contributed by atoms with Crippen molar-refractivity contribution < 1.29 is 9.59 Å². The average molecular weight is 217 g/mol. The van der Waals surface area contributed by atoms with E-state index in [-0.39, 0.29) is 18.5 Å². The number of hydrogen-bond donors (Lipinski definition) is 2. The van der Waals surface area contributed by atoms with E-state index in [2.05, 4.69) is 10.6 Å². The zero-order chi connectivity index (χ0) is 11.1. The molecule has 0 bridgehead atoms. The summed E-state index contributed by atoms with van der Waals surface area (Å²) in [6.45, 7) is 1.00. The van der Waals surface area contributed by atoms with Crippen molar-refractivity contribution in [2.75, 3.05) is 23.3 Å². The van der Waals surface area contributed by atoms with E-state index in [9.17, 15) is 9.59 Å². The number of carbonyl (C=O) groups is 2. The summed E-state index contributed by atoms with van der Waals surface area (Å²) in [5.74, 6) is -0.242. The molecule has 82 valence electrons. The predicted molar refractivity (Wildman–Crippen MR) is 59.5 cm³/mol. The first-order chi connectivity index (χ1) is 7.75. The molecule has 1 fully saturated rings. The summed E-state index contributed by atoms with van der Waals surface area (Å²) in [7, 11) is 0. The molecule has 0 aromatic heterocycles. The Kier molecular flexibility index (Phi) is 1.86. The Bertz CT molecular complexity index is 484. The zero-order valence-electron chi connectivity index (χ0n) is 8.62. The van der Waals surface area contributed by atoms with Gasteiger partial charge in [0.15, 0.2) is 0 Å². The molecule has 0 aliphatic carbocycles. The van der Waals surface area contributed by atoms with Crippen LogP contribution < -0.4 is 15.5 Å². The maximum absolute atomic E-state index is 11.6. The normalized spacial score (nSPS) is 18.4. The molecule has 0 spiro atoms. The molecule has 3 amide bonds. The van der Waals surface area contributed by atoms with Crippen molar-refractivity contribution in [1.82, 2.24) is 5.32 Å². The highest BCUT2D eigenvalue weighted by molar-refractivity contribution is 6.12. The van der Waals surface area contributed by atoms with E-state index in [0.29, 0.717) is 0 Å². The van der Waals surface area contributed by atoms with Crippen LogP contribution in [0.2, 0.25) is 0 Å². The Labute approximate surface area is 92.4 Å². The number of imide groups is 1. The lowest BCUT2D eigenvalue weighted by Gasteiger charge is -2.16. The first kappa shape index (κ1) is 9.21. The molecule has 3 rings (SSSR count). The number of benzene rings is 1. The van der Waals surface area contributed by atoms with Gasteiger partial charge in [0.05, 0.1) is 5.69 Å². The quantitative estimate of drug-likeness (QED) is 0.681. The fraction of sp³-hybridized carbons (Fsp3) is 0.273. The Morgan fingerprint density at radius 1 is 1.25 bits per heavy atom. The summed E-state index contributed by atoms with van der Waals surface area (Å²) in [6.07, 6.45) is 0.892. The van der Waals surface area contributed by atoms with Gasteiger partial charge in [-0.2, -0.15) is 0 Å². The molecule has 0 unspecified atom stereocenters. The fourth-order valence-corrected chi connectivity index (χ4v) is 2.21.